The molecule has 0 radical (unpaired) electrons. The fourth-order valence-corrected chi connectivity index (χ4v) is 6.64. The van der Waals surface area contributed by atoms with Gasteiger partial charge in [-0.2, -0.15) is 0 Å². The zero-order chi connectivity index (χ0) is 43.0. The van der Waals surface area contributed by atoms with Crippen molar-refractivity contribution in [1.82, 2.24) is 0 Å². The zero-order valence-electron chi connectivity index (χ0n) is 37.0. The second-order valence-corrected chi connectivity index (χ2v) is 15.8. The molecule has 340 valence electrons. The van der Waals surface area contributed by atoms with Crippen LogP contribution >= 0.6 is 0 Å². The maximum absolute atomic E-state index is 12.8. The Balaban J connectivity index is 2.34. The van der Waals surface area contributed by atoms with Crippen LogP contribution in [0.1, 0.15) is 181 Å². The van der Waals surface area contributed by atoms with Crippen molar-refractivity contribution in [2.75, 3.05) is 19.8 Å². The third kappa shape index (κ3) is 31.0. The van der Waals surface area contributed by atoms with Gasteiger partial charge >= 0.3 is 11.9 Å². The Morgan fingerprint density at radius 3 is 1.53 bits per heavy atom. The number of hydrogen-bond acceptors (Lipinski definition) is 10. The van der Waals surface area contributed by atoms with Gasteiger partial charge in [-0.15, -0.1) is 0 Å². The Hall–Kier alpha value is -2.60. The summed E-state index contributed by atoms with van der Waals surface area (Å²) in [6, 6.07) is 0. The van der Waals surface area contributed by atoms with E-state index < -0.39 is 55.4 Å². The van der Waals surface area contributed by atoms with E-state index in [1.807, 2.05) is 0 Å². The predicted molar refractivity (Wildman–Crippen MR) is 238 cm³/mol. The van der Waals surface area contributed by atoms with E-state index >= 15 is 0 Å². The van der Waals surface area contributed by atoms with E-state index in [9.17, 15) is 30.0 Å². The number of aliphatic hydroxyl groups excluding tert-OH is 4. The fourth-order valence-electron chi connectivity index (χ4n) is 6.64. The first-order chi connectivity index (χ1) is 28.8. The highest BCUT2D eigenvalue weighted by Crippen LogP contribution is 2.22. The minimum absolute atomic E-state index is 0.218. The molecular formula is C49H84O10. The number of carbonyl (C=O) groups excluding carboxylic acids is 2. The molecule has 0 aliphatic carbocycles. The summed E-state index contributed by atoms with van der Waals surface area (Å²) in [6.45, 7) is 3.31. The van der Waals surface area contributed by atoms with E-state index in [1.165, 1.54) is 77.0 Å². The van der Waals surface area contributed by atoms with Crippen molar-refractivity contribution in [2.24, 2.45) is 0 Å². The average Bonchev–Trinajstić information content (AvgIpc) is 3.23. The van der Waals surface area contributed by atoms with Crippen LogP contribution in [0.5, 0.6) is 0 Å². The summed E-state index contributed by atoms with van der Waals surface area (Å²) in [7, 11) is 0. The molecule has 59 heavy (non-hydrogen) atoms. The topological polar surface area (TPSA) is 152 Å². The van der Waals surface area contributed by atoms with E-state index in [4.69, 9.17) is 18.9 Å². The van der Waals surface area contributed by atoms with Crippen LogP contribution in [-0.4, -0.2) is 89.0 Å². The number of hydrogen-bond donors (Lipinski definition) is 4. The molecule has 10 nitrogen and oxygen atoms in total. The molecule has 0 aromatic rings. The van der Waals surface area contributed by atoms with Crippen molar-refractivity contribution in [3.63, 3.8) is 0 Å². The summed E-state index contributed by atoms with van der Waals surface area (Å²) in [6.07, 6.45) is 40.8. The van der Waals surface area contributed by atoms with Gasteiger partial charge < -0.3 is 39.4 Å². The van der Waals surface area contributed by atoms with Gasteiger partial charge in [-0.1, -0.05) is 152 Å². The largest absolute Gasteiger partial charge is 0.462 e. The number of esters is 2. The second-order valence-electron chi connectivity index (χ2n) is 15.8. The molecule has 0 aromatic carbocycles. The molecule has 6 atom stereocenters. The van der Waals surface area contributed by atoms with Crippen LogP contribution in [0.25, 0.3) is 0 Å². The molecular weight excluding hydrogens is 749 g/mol. The Morgan fingerprint density at radius 1 is 0.525 bits per heavy atom. The normalized spacial score (nSPS) is 20.5. The van der Waals surface area contributed by atoms with Gasteiger partial charge in [0.05, 0.1) is 13.2 Å². The quantitative estimate of drug-likeness (QED) is 0.0269. The number of aliphatic hydroxyl groups is 4. The first-order valence-corrected chi connectivity index (χ1v) is 23.4. The van der Waals surface area contributed by atoms with Crippen LogP contribution in [0.15, 0.2) is 60.8 Å². The first kappa shape index (κ1) is 54.4. The van der Waals surface area contributed by atoms with Crippen molar-refractivity contribution in [3.8, 4) is 0 Å². The summed E-state index contributed by atoms with van der Waals surface area (Å²) >= 11 is 0. The first-order valence-electron chi connectivity index (χ1n) is 23.4. The molecule has 2 unspecified atom stereocenters. The van der Waals surface area contributed by atoms with Crippen molar-refractivity contribution in [1.29, 1.82) is 0 Å². The Morgan fingerprint density at radius 2 is 0.983 bits per heavy atom. The third-order valence-electron chi connectivity index (χ3n) is 10.4. The Bertz CT molecular complexity index is 1150. The van der Waals surface area contributed by atoms with E-state index in [2.05, 4.69) is 74.6 Å². The van der Waals surface area contributed by atoms with Crippen molar-refractivity contribution in [2.45, 2.75) is 218 Å². The molecule has 0 spiro atoms. The highest BCUT2D eigenvalue weighted by Gasteiger charge is 2.44. The molecule has 0 bridgehead atoms. The molecule has 0 aromatic heterocycles. The van der Waals surface area contributed by atoms with Crippen LogP contribution in [-0.2, 0) is 28.5 Å². The predicted octanol–water partition coefficient (Wildman–Crippen LogP) is 10.2. The number of ether oxygens (including phenoxy) is 4. The fraction of sp³-hybridized carbons (Fsp3) is 0.755. The lowest BCUT2D eigenvalue weighted by molar-refractivity contribution is -0.305. The third-order valence-corrected chi connectivity index (χ3v) is 10.4. The monoisotopic (exact) mass is 833 g/mol. The second kappa shape index (κ2) is 39.5. The van der Waals surface area contributed by atoms with Crippen LogP contribution < -0.4 is 0 Å². The van der Waals surface area contributed by atoms with Crippen molar-refractivity contribution >= 4 is 11.9 Å². The van der Waals surface area contributed by atoms with Gasteiger partial charge in [-0.3, -0.25) is 9.59 Å². The maximum atomic E-state index is 12.8. The molecule has 0 amide bonds. The van der Waals surface area contributed by atoms with Crippen LogP contribution in [0.4, 0.5) is 0 Å². The SMILES string of the molecule is CCC/C=C/C/C=C/C/C=C/C/C=C/CCCCCC(=O)OC[C@@H](CO[C@H]1O[C@@H](CO)[C@@H](O)C(O)C1O)OC(=O)CCCCCCCCCCC/C=C/CCCCCC. The minimum atomic E-state index is -1.60. The van der Waals surface area contributed by atoms with Crippen LogP contribution in [0, 0.1) is 0 Å². The number of rotatable bonds is 38. The van der Waals surface area contributed by atoms with E-state index in [-0.39, 0.29) is 26.1 Å². The number of unbranched alkanes of at least 4 members (excludes halogenated alkanes) is 17. The Labute approximate surface area is 358 Å². The molecule has 1 heterocycles. The van der Waals surface area contributed by atoms with Gasteiger partial charge in [0, 0.05) is 12.8 Å². The minimum Gasteiger partial charge on any atom is -0.462 e. The summed E-state index contributed by atoms with van der Waals surface area (Å²) < 4.78 is 22.2. The standard InChI is InChI=1S/C49H84O10/c1-3-5-7-9-11-13-15-17-19-21-23-25-27-29-31-33-35-37-44(51)56-40-42(41-57-49-48(55)47(54)46(53)43(39-50)59-49)58-45(52)38-36-34-32-30-28-26-24-22-20-18-16-14-12-10-8-6-4-2/h7,9,13-16,19,21,25,27,42-43,46-50,53-55H,3-6,8,10-12,17-18,20,22-24,26,28-41H2,1-2H3/b9-7+,15-13+,16-14+,21-19+,27-25+/t42-,43-,46+,47?,48?,49-/m0/s1. The van der Waals surface area contributed by atoms with Gasteiger partial charge in [-0.25, -0.2) is 0 Å². The number of carbonyl (C=O) groups is 2. The Kier molecular flexibility index (Phi) is 36.5. The van der Waals surface area contributed by atoms with E-state index in [0.717, 1.165) is 64.2 Å². The lowest BCUT2D eigenvalue weighted by atomic mass is 9.99. The van der Waals surface area contributed by atoms with Crippen molar-refractivity contribution < 1.29 is 49.0 Å². The number of allylic oxidation sites excluding steroid dienone is 10. The lowest BCUT2D eigenvalue weighted by Crippen LogP contribution is -2.59. The molecule has 1 rings (SSSR count). The van der Waals surface area contributed by atoms with Gasteiger partial charge in [0.15, 0.2) is 12.4 Å². The molecule has 1 aliphatic rings. The molecule has 4 N–H and O–H groups in total. The summed E-state index contributed by atoms with van der Waals surface area (Å²) in [5.74, 6) is -0.847. The summed E-state index contributed by atoms with van der Waals surface area (Å²) in [5.41, 5.74) is 0. The zero-order valence-corrected chi connectivity index (χ0v) is 37.0. The molecule has 10 heteroatoms. The van der Waals surface area contributed by atoms with E-state index in [0.29, 0.717) is 12.8 Å². The van der Waals surface area contributed by atoms with Gasteiger partial charge in [-0.05, 0) is 77.0 Å². The van der Waals surface area contributed by atoms with Gasteiger partial charge in [0.1, 0.15) is 31.0 Å². The molecule has 0 saturated carbocycles. The average molecular weight is 833 g/mol. The van der Waals surface area contributed by atoms with Crippen LogP contribution in [0.3, 0.4) is 0 Å². The maximum Gasteiger partial charge on any atom is 0.306 e. The van der Waals surface area contributed by atoms with Crippen LogP contribution in [0.2, 0.25) is 0 Å². The summed E-state index contributed by atoms with van der Waals surface area (Å²) in [4.78, 5) is 25.4. The van der Waals surface area contributed by atoms with Gasteiger partial charge in [0.2, 0.25) is 0 Å². The molecule has 1 saturated heterocycles. The highest BCUT2D eigenvalue weighted by atomic mass is 16.7. The molecule has 1 fully saturated rings. The van der Waals surface area contributed by atoms with Crippen molar-refractivity contribution in [3.05, 3.63) is 60.8 Å². The molecule has 1 aliphatic heterocycles. The smallest absolute Gasteiger partial charge is 0.306 e. The van der Waals surface area contributed by atoms with E-state index in [1.54, 1.807) is 0 Å². The summed E-state index contributed by atoms with van der Waals surface area (Å²) in [5, 5.41) is 40.1. The highest BCUT2D eigenvalue weighted by molar-refractivity contribution is 5.70. The van der Waals surface area contributed by atoms with Gasteiger partial charge in [0.25, 0.3) is 0 Å². The lowest BCUT2D eigenvalue weighted by Gasteiger charge is -2.39.